The number of carboxylic acid groups (broad SMARTS) is 1. The minimum Gasteiger partial charge on any atom is -0.477 e. The smallest absolute Gasteiger partial charge is 0.345 e. The van der Waals surface area contributed by atoms with Gasteiger partial charge in [0, 0.05) is 18.0 Å². The highest BCUT2D eigenvalue weighted by Crippen LogP contribution is 2.21. The Labute approximate surface area is 109 Å². The second-order valence-corrected chi connectivity index (χ2v) is 4.95. The fourth-order valence-corrected chi connectivity index (χ4v) is 2.22. The number of hydrogen-bond donors (Lipinski definition) is 3. The molecule has 1 rings (SSSR count). The zero-order valence-corrected chi connectivity index (χ0v) is 10.9. The van der Waals surface area contributed by atoms with Gasteiger partial charge in [0.1, 0.15) is 11.5 Å². The van der Waals surface area contributed by atoms with Crippen LogP contribution in [0.4, 0.5) is 0 Å². The molecule has 1 amide bonds. The zero-order chi connectivity index (χ0) is 13.5. The first-order chi connectivity index (χ1) is 8.50. The number of hydrogen-bond acceptors (Lipinski definition) is 5. The van der Waals surface area contributed by atoms with Crippen LogP contribution < -0.4 is 11.1 Å². The van der Waals surface area contributed by atoms with Gasteiger partial charge in [-0.15, -0.1) is 11.3 Å². The lowest BCUT2D eigenvalue weighted by molar-refractivity contribution is -0.122. The maximum atomic E-state index is 10.8. The summed E-state index contributed by atoms with van der Waals surface area (Å²) in [4.78, 5) is 22.5. The highest BCUT2D eigenvalue weighted by atomic mass is 32.1. The lowest BCUT2D eigenvalue weighted by Gasteiger charge is -2.04. The van der Waals surface area contributed by atoms with Gasteiger partial charge in [0.25, 0.3) is 0 Å². The Morgan fingerprint density at radius 2 is 2.28 bits per heavy atom. The quantitative estimate of drug-likeness (QED) is 0.593. The number of rotatable bonds is 8. The van der Waals surface area contributed by atoms with E-state index in [-0.39, 0.29) is 6.61 Å². The Bertz CT molecular complexity index is 431. The third kappa shape index (κ3) is 4.82. The van der Waals surface area contributed by atoms with Crippen LogP contribution in [0.2, 0.25) is 0 Å². The number of carbonyl (C=O) groups excluding carboxylic acids is 1. The van der Waals surface area contributed by atoms with Gasteiger partial charge in [-0.2, -0.15) is 0 Å². The van der Waals surface area contributed by atoms with Crippen molar-refractivity contribution in [2.45, 2.75) is 13.5 Å². The van der Waals surface area contributed by atoms with Gasteiger partial charge in [-0.1, -0.05) is 0 Å². The number of carboxylic acids is 1. The summed E-state index contributed by atoms with van der Waals surface area (Å²) in [5.74, 6) is -1.39. The number of ether oxygens (including phenoxy) is 1. The summed E-state index contributed by atoms with van der Waals surface area (Å²) in [5.41, 5.74) is 5.88. The summed E-state index contributed by atoms with van der Waals surface area (Å²) in [5, 5.41) is 11.9. The monoisotopic (exact) mass is 272 g/mol. The minimum atomic E-state index is -0.904. The van der Waals surface area contributed by atoms with Crippen LogP contribution in [0.3, 0.4) is 0 Å². The molecule has 0 aliphatic heterocycles. The Kier molecular flexibility index (Phi) is 5.76. The Morgan fingerprint density at radius 3 is 2.83 bits per heavy atom. The van der Waals surface area contributed by atoms with E-state index in [1.807, 2.05) is 6.92 Å². The predicted molar refractivity (Wildman–Crippen MR) is 67.7 cm³/mol. The molecule has 0 aliphatic carbocycles. The predicted octanol–water partition coefficient (Wildman–Crippen LogP) is 0.346. The Balaban J connectivity index is 2.27. The van der Waals surface area contributed by atoms with E-state index in [4.69, 9.17) is 15.6 Å². The molecule has 6 nitrogen and oxygen atoms in total. The summed E-state index contributed by atoms with van der Waals surface area (Å²) in [6.07, 6.45) is 0. The van der Waals surface area contributed by atoms with Gasteiger partial charge in [-0.25, -0.2) is 4.79 Å². The Morgan fingerprint density at radius 1 is 1.56 bits per heavy atom. The minimum absolute atomic E-state index is 0.0810. The molecule has 1 aromatic heterocycles. The highest BCUT2D eigenvalue weighted by molar-refractivity contribution is 7.14. The number of aryl methyl sites for hydroxylation is 1. The van der Waals surface area contributed by atoms with Gasteiger partial charge in [0.05, 0.1) is 6.61 Å². The third-order valence-corrected chi connectivity index (χ3v) is 3.30. The van der Waals surface area contributed by atoms with Crippen LogP contribution in [-0.2, 0) is 16.1 Å². The molecule has 0 atom stereocenters. The molecule has 0 spiro atoms. The first-order valence-corrected chi connectivity index (χ1v) is 6.21. The normalized spacial score (nSPS) is 10.5. The van der Waals surface area contributed by atoms with Crippen molar-refractivity contribution in [3.8, 4) is 0 Å². The summed E-state index contributed by atoms with van der Waals surface area (Å²) < 4.78 is 4.98. The molecule has 18 heavy (non-hydrogen) atoms. The van der Waals surface area contributed by atoms with Crippen LogP contribution in [-0.4, -0.2) is 36.7 Å². The lowest BCUT2D eigenvalue weighted by Crippen LogP contribution is -2.23. The van der Waals surface area contributed by atoms with Gasteiger partial charge in [0.2, 0.25) is 5.91 Å². The first-order valence-electron chi connectivity index (χ1n) is 5.40. The molecular weight excluding hydrogens is 256 g/mol. The van der Waals surface area contributed by atoms with Gasteiger partial charge in [-0.05, 0) is 18.6 Å². The lowest BCUT2D eigenvalue weighted by atomic mass is 10.2. The van der Waals surface area contributed by atoms with Crippen molar-refractivity contribution in [2.24, 2.45) is 5.73 Å². The molecule has 1 aromatic rings. The Hall–Kier alpha value is -1.44. The van der Waals surface area contributed by atoms with E-state index in [0.717, 1.165) is 10.4 Å². The number of amides is 1. The average molecular weight is 272 g/mol. The second kappa shape index (κ2) is 7.10. The van der Waals surface area contributed by atoms with E-state index >= 15 is 0 Å². The van der Waals surface area contributed by atoms with Crippen LogP contribution in [0, 0.1) is 6.92 Å². The zero-order valence-electron chi connectivity index (χ0n) is 10.1. The summed E-state index contributed by atoms with van der Waals surface area (Å²) in [6.45, 7) is 3.35. The van der Waals surface area contributed by atoms with E-state index in [2.05, 4.69) is 5.32 Å². The van der Waals surface area contributed by atoms with Gasteiger partial charge < -0.3 is 20.9 Å². The molecule has 0 saturated carbocycles. The standard InChI is InChI=1S/C11H16N2O4S/c1-7-8(4-9(18-7)11(15)16)5-13-2-3-17-6-10(12)14/h4,13H,2-3,5-6H2,1H3,(H2,12,14)(H,15,16). The maximum absolute atomic E-state index is 10.8. The number of thiophene rings is 1. The molecule has 0 aliphatic rings. The van der Waals surface area contributed by atoms with E-state index in [0.29, 0.717) is 24.6 Å². The van der Waals surface area contributed by atoms with Crippen molar-refractivity contribution in [1.82, 2.24) is 5.32 Å². The number of nitrogens with one attached hydrogen (secondary N) is 1. The van der Waals surface area contributed by atoms with Crippen LogP contribution in [0.5, 0.6) is 0 Å². The van der Waals surface area contributed by atoms with Gasteiger partial charge in [0.15, 0.2) is 0 Å². The third-order valence-electron chi connectivity index (χ3n) is 2.21. The molecule has 4 N–H and O–H groups in total. The summed E-state index contributed by atoms with van der Waals surface area (Å²) >= 11 is 1.26. The largest absolute Gasteiger partial charge is 0.477 e. The maximum Gasteiger partial charge on any atom is 0.345 e. The van der Waals surface area contributed by atoms with E-state index in [1.54, 1.807) is 6.07 Å². The van der Waals surface area contributed by atoms with E-state index < -0.39 is 11.9 Å². The number of aromatic carboxylic acids is 1. The molecule has 100 valence electrons. The van der Waals surface area contributed by atoms with Gasteiger partial charge >= 0.3 is 5.97 Å². The molecule has 0 aromatic carbocycles. The van der Waals surface area contributed by atoms with Crippen molar-refractivity contribution < 1.29 is 19.4 Å². The molecule has 0 radical (unpaired) electrons. The molecule has 0 saturated heterocycles. The van der Waals surface area contributed by atoms with Crippen LogP contribution in [0.1, 0.15) is 20.1 Å². The van der Waals surface area contributed by atoms with Crippen molar-refractivity contribution in [3.63, 3.8) is 0 Å². The van der Waals surface area contributed by atoms with E-state index in [1.165, 1.54) is 11.3 Å². The fraction of sp³-hybridized carbons (Fsp3) is 0.455. The van der Waals surface area contributed by atoms with Crippen molar-refractivity contribution in [2.75, 3.05) is 19.8 Å². The second-order valence-electron chi connectivity index (χ2n) is 3.69. The molecule has 7 heteroatoms. The molecule has 0 fully saturated rings. The average Bonchev–Trinajstić information content (AvgIpc) is 2.65. The molecular formula is C11H16N2O4S. The molecule has 0 bridgehead atoms. The number of nitrogens with two attached hydrogens (primary N) is 1. The topological polar surface area (TPSA) is 102 Å². The van der Waals surface area contributed by atoms with Crippen LogP contribution in [0.25, 0.3) is 0 Å². The summed E-state index contributed by atoms with van der Waals surface area (Å²) in [7, 11) is 0. The highest BCUT2D eigenvalue weighted by Gasteiger charge is 2.10. The molecule has 0 unspecified atom stereocenters. The van der Waals surface area contributed by atoms with Crippen LogP contribution >= 0.6 is 11.3 Å². The van der Waals surface area contributed by atoms with Gasteiger partial charge in [-0.3, -0.25) is 4.79 Å². The molecule has 1 heterocycles. The van der Waals surface area contributed by atoms with Crippen molar-refractivity contribution in [3.05, 3.63) is 21.4 Å². The van der Waals surface area contributed by atoms with Crippen LogP contribution in [0.15, 0.2) is 6.07 Å². The van der Waals surface area contributed by atoms with Crippen molar-refractivity contribution in [1.29, 1.82) is 0 Å². The fourth-order valence-electron chi connectivity index (χ4n) is 1.34. The summed E-state index contributed by atoms with van der Waals surface area (Å²) in [6, 6.07) is 1.67. The SMILES string of the molecule is Cc1sc(C(=O)O)cc1CNCCOCC(N)=O. The van der Waals surface area contributed by atoms with Crippen molar-refractivity contribution >= 4 is 23.2 Å². The van der Waals surface area contributed by atoms with E-state index in [9.17, 15) is 9.59 Å². The number of primary amides is 1. The first kappa shape index (κ1) is 14.6. The number of carbonyl (C=O) groups is 2.